The molecule has 1 N–H and O–H groups in total. The summed E-state index contributed by atoms with van der Waals surface area (Å²) in [5.74, 6) is -1.14. The maximum absolute atomic E-state index is 11.9. The van der Waals surface area contributed by atoms with Crippen molar-refractivity contribution in [2.24, 2.45) is 5.92 Å². The second-order valence-corrected chi connectivity index (χ2v) is 5.80. The van der Waals surface area contributed by atoms with Crippen LogP contribution in [0.25, 0.3) is 0 Å². The third-order valence-electron chi connectivity index (χ3n) is 3.10. The van der Waals surface area contributed by atoms with E-state index in [2.05, 4.69) is 0 Å². The van der Waals surface area contributed by atoms with Gasteiger partial charge in [0.1, 0.15) is 10.8 Å². The third kappa shape index (κ3) is 5.73. The fourth-order valence-corrected chi connectivity index (χ4v) is 2.13. The summed E-state index contributed by atoms with van der Waals surface area (Å²) in [5, 5.41) is 9.58. The van der Waals surface area contributed by atoms with Crippen LogP contribution in [0.4, 0.5) is 0 Å². The molecule has 0 fully saturated rings. The summed E-state index contributed by atoms with van der Waals surface area (Å²) in [6.07, 6.45) is 0.786. The third-order valence-corrected chi connectivity index (χ3v) is 3.91. The van der Waals surface area contributed by atoms with Gasteiger partial charge >= 0.3 is 5.97 Å². The molecular formula is C15H19Cl2NO4. The largest absolute Gasteiger partial charge is 0.492 e. The van der Waals surface area contributed by atoms with Gasteiger partial charge in [-0.05, 0) is 18.6 Å². The van der Waals surface area contributed by atoms with Crippen molar-refractivity contribution >= 4 is 35.1 Å². The number of amides is 1. The topological polar surface area (TPSA) is 66.8 Å². The maximum Gasteiger partial charge on any atom is 0.308 e. The van der Waals surface area contributed by atoms with Crippen LogP contribution in [0.1, 0.15) is 19.8 Å². The Labute approximate surface area is 139 Å². The fraction of sp³-hybridized carbons (Fsp3) is 0.467. The second kappa shape index (κ2) is 8.86. The van der Waals surface area contributed by atoms with Gasteiger partial charge in [-0.15, -0.1) is 0 Å². The van der Waals surface area contributed by atoms with Gasteiger partial charge in [0, 0.05) is 20.0 Å². The zero-order valence-corrected chi connectivity index (χ0v) is 14.0. The normalized spacial score (nSPS) is 11.8. The first-order valence-corrected chi connectivity index (χ1v) is 7.62. The summed E-state index contributed by atoms with van der Waals surface area (Å²) >= 11 is 11.9. The van der Waals surface area contributed by atoms with Gasteiger partial charge in [-0.1, -0.05) is 36.2 Å². The zero-order valence-electron chi connectivity index (χ0n) is 12.5. The van der Waals surface area contributed by atoms with Crippen LogP contribution in [-0.2, 0) is 9.59 Å². The highest BCUT2D eigenvalue weighted by Crippen LogP contribution is 2.31. The summed E-state index contributed by atoms with van der Waals surface area (Å²) in [6, 6.07) is 5.10. The number of ether oxygens (including phenoxy) is 1. The highest BCUT2D eigenvalue weighted by atomic mass is 35.5. The number of hydrogen-bond acceptors (Lipinski definition) is 3. The number of carbonyl (C=O) groups is 2. The van der Waals surface area contributed by atoms with E-state index in [0.717, 1.165) is 0 Å². The van der Waals surface area contributed by atoms with E-state index in [4.69, 9.17) is 33.0 Å². The monoisotopic (exact) mass is 347 g/mol. The molecule has 7 heteroatoms. The molecule has 1 amide bonds. The Balaban J connectivity index is 2.33. The molecule has 0 heterocycles. The van der Waals surface area contributed by atoms with Crippen molar-refractivity contribution in [3.05, 3.63) is 28.2 Å². The first kappa shape index (κ1) is 18.6. The van der Waals surface area contributed by atoms with Gasteiger partial charge in [0.15, 0.2) is 0 Å². The molecule has 1 rings (SSSR count). The van der Waals surface area contributed by atoms with Crippen molar-refractivity contribution in [3.63, 3.8) is 0 Å². The lowest BCUT2D eigenvalue weighted by atomic mass is 10.1. The van der Waals surface area contributed by atoms with E-state index in [0.29, 0.717) is 28.8 Å². The van der Waals surface area contributed by atoms with Gasteiger partial charge < -0.3 is 14.7 Å². The smallest absolute Gasteiger partial charge is 0.308 e. The van der Waals surface area contributed by atoms with Crippen LogP contribution < -0.4 is 4.74 Å². The standard InChI is InChI=1S/C15H19Cl2NO4/c1-10(15(20)21)9-18(2)13(19)7-4-8-22-12-6-3-5-11(16)14(12)17/h3,5-6,10H,4,7-9H2,1-2H3,(H,20,21). The van der Waals surface area contributed by atoms with E-state index in [1.54, 1.807) is 32.2 Å². The van der Waals surface area contributed by atoms with Crippen LogP contribution in [0, 0.1) is 5.92 Å². The number of nitrogens with zero attached hydrogens (tertiary/aromatic N) is 1. The van der Waals surface area contributed by atoms with Crippen LogP contribution in [0.3, 0.4) is 0 Å². The minimum absolute atomic E-state index is 0.117. The predicted molar refractivity (Wildman–Crippen MR) is 85.6 cm³/mol. The highest BCUT2D eigenvalue weighted by Gasteiger charge is 2.17. The predicted octanol–water partition coefficient (Wildman–Crippen LogP) is 3.33. The van der Waals surface area contributed by atoms with E-state index >= 15 is 0 Å². The Morgan fingerprint density at radius 1 is 1.36 bits per heavy atom. The molecule has 0 aliphatic heterocycles. The molecule has 122 valence electrons. The Bertz CT molecular complexity index is 536. The quantitative estimate of drug-likeness (QED) is 0.732. The average Bonchev–Trinajstić information content (AvgIpc) is 2.47. The molecule has 0 aliphatic rings. The Morgan fingerprint density at radius 2 is 2.05 bits per heavy atom. The van der Waals surface area contributed by atoms with Gasteiger partial charge in [0.2, 0.25) is 5.91 Å². The van der Waals surface area contributed by atoms with Crippen molar-refractivity contribution in [2.45, 2.75) is 19.8 Å². The van der Waals surface area contributed by atoms with E-state index in [1.807, 2.05) is 0 Å². The summed E-state index contributed by atoms with van der Waals surface area (Å²) in [4.78, 5) is 24.0. The Hall–Kier alpha value is -1.46. The lowest BCUT2D eigenvalue weighted by molar-refractivity contribution is -0.142. The number of carboxylic acid groups (broad SMARTS) is 1. The number of rotatable bonds is 8. The van der Waals surface area contributed by atoms with E-state index in [9.17, 15) is 9.59 Å². The zero-order chi connectivity index (χ0) is 16.7. The van der Waals surface area contributed by atoms with Crippen molar-refractivity contribution in [1.29, 1.82) is 0 Å². The number of aliphatic carboxylic acids is 1. The number of benzene rings is 1. The van der Waals surface area contributed by atoms with Crippen LogP contribution in [-0.4, -0.2) is 42.1 Å². The number of carbonyl (C=O) groups excluding carboxylic acids is 1. The van der Waals surface area contributed by atoms with E-state index in [1.165, 1.54) is 4.90 Å². The summed E-state index contributed by atoms with van der Waals surface area (Å²) < 4.78 is 5.49. The van der Waals surface area contributed by atoms with Crippen molar-refractivity contribution in [3.8, 4) is 5.75 Å². The molecule has 0 radical (unpaired) electrons. The minimum Gasteiger partial charge on any atom is -0.492 e. The molecule has 0 bridgehead atoms. The molecule has 5 nitrogen and oxygen atoms in total. The van der Waals surface area contributed by atoms with E-state index in [-0.39, 0.29) is 18.9 Å². The molecule has 0 aliphatic carbocycles. The van der Waals surface area contributed by atoms with Crippen LogP contribution in [0.5, 0.6) is 5.75 Å². The summed E-state index contributed by atoms with van der Waals surface area (Å²) in [5.41, 5.74) is 0. The number of halogens is 2. The first-order valence-electron chi connectivity index (χ1n) is 6.86. The summed E-state index contributed by atoms with van der Waals surface area (Å²) in [6.45, 7) is 2.08. The van der Waals surface area contributed by atoms with Crippen LogP contribution in [0.15, 0.2) is 18.2 Å². The van der Waals surface area contributed by atoms with Crippen molar-refractivity contribution in [2.75, 3.05) is 20.2 Å². The molecule has 1 atom stereocenters. The fourth-order valence-electron chi connectivity index (χ4n) is 1.78. The summed E-state index contributed by atoms with van der Waals surface area (Å²) in [7, 11) is 1.59. The van der Waals surface area contributed by atoms with Gasteiger partial charge in [-0.3, -0.25) is 9.59 Å². The minimum atomic E-state index is -0.918. The van der Waals surface area contributed by atoms with Gasteiger partial charge in [-0.25, -0.2) is 0 Å². The van der Waals surface area contributed by atoms with Gasteiger partial charge in [-0.2, -0.15) is 0 Å². The molecular weight excluding hydrogens is 329 g/mol. The van der Waals surface area contributed by atoms with E-state index < -0.39 is 11.9 Å². The van der Waals surface area contributed by atoms with Crippen LogP contribution >= 0.6 is 23.2 Å². The van der Waals surface area contributed by atoms with Crippen molar-refractivity contribution < 1.29 is 19.4 Å². The molecule has 1 aromatic rings. The highest BCUT2D eigenvalue weighted by molar-refractivity contribution is 6.42. The number of carboxylic acids is 1. The van der Waals surface area contributed by atoms with Gasteiger partial charge in [0.05, 0.1) is 17.5 Å². The Morgan fingerprint density at radius 3 is 2.68 bits per heavy atom. The SMILES string of the molecule is CC(CN(C)C(=O)CCCOc1cccc(Cl)c1Cl)C(=O)O. The Kier molecular flexibility index (Phi) is 7.48. The second-order valence-electron chi connectivity index (χ2n) is 5.02. The molecule has 0 spiro atoms. The molecule has 1 aromatic carbocycles. The lowest BCUT2D eigenvalue weighted by Gasteiger charge is -2.19. The molecule has 1 unspecified atom stereocenters. The first-order chi connectivity index (χ1) is 10.3. The van der Waals surface area contributed by atoms with Crippen molar-refractivity contribution in [1.82, 2.24) is 4.90 Å². The number of hydrogen-bond donors (Lipinski definition) is 1. The average molecular weight is 348 g/mol. The molecule has 0 aromatic heterocycles. The molecule has 0 saturated carbocycles. The molecule has 0 saturated heterocycles. The molecule has 22 heavy (non-hydrogen) atoms. The van der Waals surface area contributed by atoms with Gasteiger partial charge in [0.25, 0.3) is 0 Å². The maximum atomic E-state index is 11.9. The lowest BCUT2D eigenvalue weighted by Crippen LogP contribution is -2.33. The van der Waals surface area contributed by atoms with Crippen LogP contribution in [0.2, 0.25) is 10.0 Å².